The summed E-state index contributed by atoms with van der Waals surface area (Å²) in [5.41, 5.74) is 0.992. The van der Waals surface area contributed by atoms with Crippen LogP contribution in [0, 0.1) is 5.82 Å². The first kappa shape index (κ1) is 17.2. The van der Waals surface area contributed by atoms with Crippen LogP contribution in [0.2, 0.25) is 0 Å². The smallest absolute Gasteiger partial charge is 0.239 e. The molecule has 0 aliphatic carbocycles. The van der Waals surface area contributed by atoms with Gasteiger partial charge in [0.15, 0.2) is 0 Å². The molecule has 0 unspecified atom stereocenters. The van der Waals surface area contributed by atoms with Crippen LogP contribution in [0.1, 0.15) is 6.92 Å². The Morgan fingerprint density at radius 1 is 1.04 bits per heavy atom. The highest BCUT2D eigenvalue weighted by Gasteiger charge is 2.19. The van der Waals surface area contributed by atoms with E-state index in [2.05, 4.69) is 15.5 Å². The van der Waals surface area contributed by atoms with Crippen molar-refractivity contribution in [1.82, 2.24) is 15.5 Å². The summed E-state index contributed by atoms with van der Waals surface area (Å²) in [6.45, 7) is 5.78. The Morgan fingerprint density at radius 2 is 1.70 bits per heavy atom. The van der Waals surface area contributed by atoms with Crippen molar-refractivity contribution in [1.29, 1.82) is 0 Å². The Morgan fingerprint density at radius 3 is 2.30 bits per heavy atom. The average molecular weight is 322 g/mol. The predicted octanol–water partition coefficient (Wildman–Crippen LogP) is 0.200. The van der Waals surface area contributed by atoms with Crippen LogP contribution in [0.5, 0.6) is 0 Å². The lowest BCUT2D eigenvalue weighted by Crippen LogP contribution is -2.50. The van der Waals surface area contributed by atoms with Gasteiger partial charge in [0.05, 0.1) is 13.1 Å². The van der Waals surface area contributed by atoms with E-state index in [-0.39, 0.29) is 30.7 Å². The van der Waals surface area contributed by atoms with Gasteiger partial charge in [-0.05, 0) is 31.2 Å². The Labute approximate surface area is 135 Å². The second-order valence-corrected chi connectivity index (χ2v) is 5.47. The van der Waals surface area contributed by atoms with E-state index in [0.717, 1.165) is 31.9 Å². The van der Waals surface area contributed by atoms with Crippen molar-refractivity contribution in [2.45, 2.75) is 6.92 Å². The molecule has 1 heterocycles. The number of halogens is 1. The van der Waals surface area contributed by atoms with Gasteiger partial charge < -0.3 is 15.5 Å². The number of piperazine rings is 1. The van der Waals surface area contributed by atoms with E-state index in [0.29, 0.717) is 6.54 Å². The molecule has 23 heavy (non-hydrogen) atoms. The molecule has 126 valence electrons. The molecule has 0 bridgehead atoms. The van der Waals surface area contributed by atoms with Crippen molar-refractivity contribution in [3.05, 3.63) is 30.1 Å². The van der Waals surface area contributed by atoms with Crippen molar-refractivity contribution in [3.8, 4) is 0 Å². The summed E-state index contributed by atoms with van der Waals surface area (Å²) in [7, 11) is 0. The minimum atomic E-state index is -0.240. The zero-order valence-corrected chi connectivity index (χ0v) is 13.3. The van der Waals surface area contributed by atoms with Crippen LogP contribution in [0.25, 0.3) is 0 Å². The summed E-state index contributed by atoms with van der Waals surface area (Å²) in [6.07, 6.45) is 0. The summed E-state index contributed by atoms with van der Waals surface area (Å²) in [4.78, 5) is 27.3. The second kappa shape index (κ2) is 8.47. The molecular weight excluding hydrogens is 299 g/mol. The summed E-state index contributed by atoms with van der Waals surface area (Å²) >= 11 is 0. The van der Waals surface area contributed by atoms with E-state index in [1.807, 2.05) is 11.8 Å². The summed E-state index contributed by atoms with van der Waals surface area (Å²) < 4.78 is 12.9. The summed E-state index contributed by atoms with van der Waals surface area (Å²) in [6, 6.07) is 6.45. The maximum Gasteiger partial charge on any atom is 0.239 e. The zero-order chi connectivity index (χ0) is 16.7. The van der Waals surface area contributed by atoms with Gasteiger partial charge in [0.25, 0.3) is 0 Å². The van der Waals surface area contributed by atoms with Gasteiger partial charge >= 0.3 is 0 Å². The number of likely N-dealkylation sites (N-methyl/N-ethyl adjacent to an activating group) is 1. The number of amides is 2. The number of carbonyl (C=O) groups is 2. The summed E-state index contributed by atoms with van der Waals surface area (Å²) in [5, 5.41) is 5.25. The van der Waals surface area contributed by atoms with Gasteiger partial charge in [-0.15, -0.1) is 0 Å². The molecule has 2 amide bonds. The SMILES string of the molecule is CCNC(=O)CNC(=O)CN1CCN(c2ccc(F)cc2)CC1. The Hall–Kier alpha value is -2.15. The molecular formula is C16H23FN4O2. The summed E-state index contributed by atoms with van der Waals surface area (Å²) in [5.74, 6) is -0.565. The molecule has 0 spiro atoms. The predicted molar refractivity (Wildman–Crippen MR) is 86.7 cm³/mol. The minimum Gasteiger partial charge on any atom is -0.369 e. The van der Waals surface area contributed by atoms with Gasteiger partial charge in [0.2, 0.25) is 11.8 Å². The van der Waals surface area contributed by atoms with Crippen molar-refractivity contribution < 1.29 is 14.0 Å². The average Bonchev–Trinajstić information content (AvgIpc) is 2.55. The van der Waals surface area contributed by atoms with Gasteiger partial charge in [-0.25, -0.2) is 4.39 Å². The molecule has 2 N–H and O–H groups in total. The van der Waals surface area contributed by atoms with Gasteiger partial charge in [0.1, 0.15) is 5.82 Å². The first-order valence-corrected chi connectivity index (χ1v) is 7.84. The molecule has 1 fully saturated rings. The number of nitrogens with zero attached hydrogens (tertiary/aromatic N) is 2. The molecule has 1 aliphatic heterocycles. The third kappa shape index (κ3) is 5.52. The molecule has 6 nitrogen and oxygen atoms in total. The number of carbonyl (C=O) groups excluding carboxylic acids is 2. The van der Waals surface area contributed by atoms with E-state index in [4.69, 9.17) is 0 Å². The lowest BCUT2D eigenvalue weighted by molar-refractivity contribution is -0.126. The second-order valence-electron chi connectivity index (χ2n) is 5.47. The van der Waals surface area contributed by atoms with Crippen LogP contribution < -0.4 is 15.5 Å². The lowest BCUT2D eigenvalue weighted by atomic mass is 10.2. The van der Waals surface area contributed by atoms with Crippen molar-refractivity contribution in [2.24, 2.45) is 0 Å². The molecule has 1 aliphatic rings. The van der Waals surface area contributed by atoms with Crippen LogP contribution >= 0.6 is 0 Å². The van der Waals surface area contributed by atoms with E-state index in [9.17, 15) is 14.0 Å². The van der Waals surface area contributed by atoms with Crippen molar-refractivity contribution in [2.75, 3.05) is 50.7 Å². The van der Waals surface area contributed by atoms with Crippen LogP contribution in [0.3, 0.4) is 0 Å². The minimum absolute atomic E-state index is 0.0161. The topological polar surface area (TPSA) is 64.7 Å². The maximum atomic E-state index is 12.9. The molecule has 0 aromatic heterocycles. The first-order valence-electron chi connectivity index (χ1n) is 7.84. The van der Waals surface area contributed by atoms with Crippen molar-refractivity contribution in [3.63, 3.8) is 0 Å². The van der Waals surface area contributed by atoms with E-state index >= 15 is 0 Å². The van der Waals surface area contributed by atoms with Crippen LogP contribution in [-0.4, -0.2) is 62.5 Å². The van der Waals surface area contributed by atoms with Gasteiger partial charge in [-0.3, -0.25) is 14.5 Å². The van der Waals surface area contributed by atoms with Gasteiger partial charge in [-0.2, -0.15) is 0 Å². The number of hydrogen-bond donors (Lipinski definition) is 2. The third-order valence-corrected chi connectivity index (χ3v) is 3.75. The Kier molecular flexibility index (Phi) is 6.34. The highest BCUT2D eigenvalue weighted by molar-refractivity contribution is 5.85. The number of rotatable bonds is 6. The fourth-order valence-electron chi connectivity index (χ4n) is 2.51. The van der Waals surface area contributed by atoms with Gasteiger partial charge in [-0.1, -0.05) is 0 Å². The molecule has 0 atom stereocenters. The third-order valence-electron chi connectivity index (χ3n) is 3.75. The number of anilines is 1. The quantitative estimate of drug-likeness (QED) is 0.785. The normalized spacial score (nSPS) is 15.3. The van der Waals surface area contributed by atoms with E-state index < -0.39 is 0 Å². The molecule has 7 heteroatoms. The fraction of sp³-hybridized carbons (Fsp3) is 0.500. The molecule has 0 radical (unpaired) electrons. The highest BCUT2D eigenvalue weighted by Crippen LogP contribution is 2.16. The van der Waals surface area contributed by atoms with Crippen LogP contribution in [0.15, 0.2) is 24.3 Å². The van der Waals surface area contributed by atoms with E-state index in [1.54, 1.807) is 12.1 Å². The van der Waals surface area contributed by atoms with Crippen LogP contribution in [-0.2, 0) is 9.59 Å². The number of benzene rings is 1. The largest absolute Gasteiger partial charge is 0.369 e. The molecule has 1 saturated heterocycles. The maximum absolute atomic E-state index is 12.9. The monoisotopic (exact) mass is 322 g/mol. The fourth-order valence-corrected chi connectivity index (χ4v) is 2.51. The first-order chi connectivity index (χ1) is 11.1. The van der Waals surface area contributed by atoms with Crippen molar-refractivity contribution >= 4 is 17.5 Å². The van der Waals surface area contributed by atoms with E-state index in [1.165, 1.54) is 12.1 Å². The standard InChI is InChI=1S/C16H23FN4O2/c1-2-18-15(22)11-19-16(23)12-20-7-9-21(10-8-20)14-5-3-13(17)4-6-14/h3-6H,2,7-12H2,1H3,(H,18,22)(H,19,23). The molecule has 1 aromatic carbocycles. The van der Waals surface area contributed by atoms with Gasteiger partial charge in [0, 0.05) is 38.4 Å². The Bertz CT molecular complexity index is 527. The molecule has 0 saturated carbocycles. The Balaban J connectivity index is 1.71. The number of nitrogens with one attached hydrogen (secondary N) is 2. The zero-order valence-electron chi connectivity index (χ0n) is 13.3. The number of hydrogen-bond acceptors (Lipinski definition) is 4. The molecule has 2 rings (SSSR count). The highest BCUT2D eigenvalue weighted by atomic mass is 19.1. The van der Waals surface area contributed by atoms with Crippen LogP contribution in [0.4, 0.5) is 10.1 Å². The lowest BCUT2D eigenvalue weighted by Gasteiger charge is -2.35. The molecule has 1 aromatic rings.